The van der Waals surface area contributed by atoms with Crippen LogP contribution in [0.3, 0.4) is 0 Å². The van der Waals surface area contributed by atoms with Crippen LogP contribution >= 0.6 is 15.9 Å². The van der Waals surface area contributed by atoms with Crippen molar-refractivity contribution in [2.75, 3.05) is 0 Å². The second-order valence-electron chi connectivity index (χ2n) is 5.13. The number of hydrogen-bond acceptors (Lipinski definition) is 1. The lowest BCUT2D eigenvalue weighted by Crippen LogP contribution is -2.05. The van der Waals surface area contributed by atoms with Gasteiger partial charge in [-0.1, -0.05) is 57.9 Å². The molecule has 1 nitrogen and oxygen atoms in total. The Bertz CT molecular complexity index is 590. The first-order valence-corrected chi connectivity index (χ1v) is 7.27. The molecule has 2 heteroatoms. The van der Waals surface area contributed by atoms with Gasteiger partial charge in [0.2, 0.25) is 0 Å². The zero-order valence-corrected chi connectivity index (χ0v) is 13.2. The average Bonchev–Trinajstić information content (AvgIpc) is 2.37. The lowest BCUT2D eigenvalue weighted by atomic mass is 9.96. The molecule has 0 heterocycles. The van der Waals surface area contributed by atoms with Crippen LogP contribution in [0.25, 0.3) is 0 Å². The smallest absolute Gasteiger partial charge is 0.0841 e. The number of aliphatic hydroxyl groups excluding tert-OH is 1. The van der Waals surface area contributed by atoms with Crippen molar-refractivity contribution in [1.82, 2.24) is 0 Å². The first-order valence-electron chi connectivity index (χ1n) is 6.48. The minimum Gasteiger partial charge on any atom is -0.388 e. The summed E-state index contributed by atoms with van der Waals surface area (Å²) in [5.74, 6) is 0. The Labute approximate surface area is 123 Å². The van der Waals surface area contributed by atoms with Gasteiger partial charge in [0.1, 0.15) is 0 Å². The second kappa shape index (κ2) is 5.89. The highest BCUT2D eigenvalue weighted by Crippen LogP contribution is 2.29. The highest BCUT2D eigenvalue weighted by Gasteiger charge is 2.14. The molecular weight excluding hydrogens is 300 g/mol. The van der Waals surface area contributed by atoms with Crippen LogP contribution in [0.1, 0.15) is 33.9 Å². The zero-order valence-electron chi connectivity index (χ0n) is 11.6. The zero-order chi connectivity index (χ0) is 14.0. The van der Waals surface area contributed by atoms with Crippen LogP contribution in [0.2, 0.25) is 0 Å². The van der Waals surface area contributed by atoms with Crippen LogP contribution in [-0.4, -0.2) is 5.11 Å². The van der Waals surface area contributed by atoms with E-state index >= 15 is 0 Å². The summed E-state index contributed by atoms with van der Waals surface area (Å²) in [7, 11) is 0. The third-order valence-electron chi connectivity index (χ3n) is 3.50. The van der Waals surface area contributed by atoms with E-state index in [4.69, 9.17) is 0 Å². The summed E-state index contributed by atoms with van der Waals surface area (Å²) in [6, 6.07) is 12.4. The third kappa shape index (κ3) is 3.26. The number of halogens is 1. The summed E-state index contributed by atoms with van der Waals surface area (Å²) in [6.45, 7) is 6.21. The van der Waals surface area contributed by atoms with Crippen LogP contribution < -0.4 is 0 Å². The Balaban J connectivity index is 2.28. The van der Waals surface area contributed by atoms with Gasteiger partial charge in [-0.3, -0.25) is 0 Å². The third-order valence-corrected chi connectivity index (χ3v) is 4.58. The quantitative estimate of drug-likeness (QED) is 0.873. The molecule has 1 unspecified atom stereocenters. The van der Waals surface area contributed by atoms with Gasteiger partial charge >= 0.3 is 0 Å². The lowest BCUT2D eigenvalue weighted by Gasteiger charge is -2.16. The monoisotopic (exact) mass is 318 g/mol. The molecule has 100 valence electrons. The Morgan fingerprint density at radius 2 is 1.79 bits per heavy atom. The number of benzene rings is 2. The van der Waals surface area contributed by atoms with Crippen molar-refractivity contribution in [2.45, 2.75) is 33.3 Å². The van der Waals surface area contributed by atoms with Crippen molar-refractivity contribution in [3.8, 4) is 0 Å². The van der Waals surface area contributed by atoms with Crippen molar-refractivity contribution in [2.24, 2.45) is 0 Å². The molecule has 2 rings (SSSR count). The van der Waals surface area contributed by atoms with E-state index in [2.05, 4.69) is 48.0 Å². The molecule has 0 aliphatic rings. The highest BCUT2D eigenvalue weighted by atomic mass is 79.9. The number of aliphatic hydroxyl groups is 1. The molecule has 0 saturated heterocycles. The first kappa shape index (κ1) is 14.3. The molecule has 0 spiro atoms. The maximum absolute atomic E-state index is 10.5. The topological polar surface area (TPSA) is 20.2 Å². The van der Waals surface area contributed by atoms with Crippen molar-refractivity contribution in [1.29, 1.82) is 0 Å². The summed E-state index contributed by atoms with van der Waals surface area (Å²) >= 11 is 3.57. The lowest BCUT2D eigenvalue weighted by molar-refractivity contribution is 0.177. The number of rotatable bonds is 3. The molecule has 1 atom stereocenters. The van der Waals surface area contributed by atoms with E-state index < -0.39 is 6.10 Å². The highest BCUT2D eigenvalue weighted by molar-refractivity contribution is 9.10. The summed E-state index contributed by atoms with van der Waals surface area (Å²) in [5, 5.41) is 10.5. The second-order valence-corrected chi connectivity index (χ2v) is 5.92. The minimum absolute atomic E-state index is 0.477. The Hall–Kier alpha value is -1.12. The first-order chi connectivity index (χ1) is 8.99. The van der Waals surface area contributed by atoms with Gasteiger partial charge < -0.3 is 5.11 Å². The minimum atomic E-state index is -0.477. The van der Waals surface area contributed by atoms with Gasteiger partial charge in [0, 0.05) is 10.9 Å². The Morgan fingerprint density at radius 3 is 2.53 bits per heavy atom. The molecule has 0 fully saturated rings. The Kier molecular flexibility index (Phi) is 4.43. The van der Waals surface area contributed by atoms with Gasteiger partial charge in [-0.05, 0) is 43.0 Å². The van der Waals surface area contributed by atoms with Gasteiger partial charge in [0.15, 0.2) is 0 Å². The SMILES string of the molecule is Cc1ccc(C)c(CC(O)c2cccc(C)c2Br)c1. The van der Waals surface area contributed by atoms with Crippen molar-refractivity contribution in [3.05, 3.63) is 68.7 Å². The molecule has 0 saturated carbocycles. The van der Waals surface area contributed by atoms with Crippen molar-refractivity contribution in [3.63, 3.8) is 0 Å². The normalized spacial score (nSPS) is 12.5. The van der Waals surface area contributed by atoms with Crippen molar-refractivity contribution >= 4 is 15.9 Å². The molecule has 0 radical (unpaired) electrons. The van der Waals surface area contributed by atoms with Gasteiger partial charge in [-0.25, -0.2) is 0 Å². The fraction of sp³-hybridized carbons (Fsp3) is 0.294. The molecule has 0 aromatic heterocycles. The fourth-order valence-corrected chi connectivity index (χ4v) is 2.79. The summed E-state index contributed by atoms with van der Waals surface area (Å²) in [6.07, 6.45) is 0.171. The van der Waals surface area contributed by atoms with Crippen LogP contribution in [0.5, 0.6) is 0 Å². The largest absolute Gasteiger partial charge is 0.388 e. The summed E-state index contributed by atoms with van der Waals surface area (Å²) in [5.41, 5.74) is 5.78. The average molecular weight is 319 g/mol. The number of aryl methyl sites for hydroxylation is 3. The molecular formula is C17H19BrO. The predicted octanol–water partition coefficient (Wildman–Crippen LogP) is 4.65. The molecule has 0 amide bonds. The molecule has 19 heavy (non-hydrogen) atoms. The molecule has 2 aromatic carbocycles. The van der Waals surface area contributed by atoms with E-state index in [-0.39, 0.29) is 0 Å². The predicted molar refractivity (Wildman–Crippen MR) is 83.5 cm³/mol. The van der Waals surface area contributed by atoms with Gasteiger partial charge in [-0.15, -0.1) is 0 Å². The van der Waals surface area contributed by atoms with Crippen molar-refractivity contribution < 1.29 is 5.11 Å². The van der Waals surface area contributed by atoms with E-state index in [9.17, 15) is 5.11 Å². The summed E-state index contributed by atoms with van der Waals surface area (Å²) < 4.78 is 1.01. The van der Waals surface area contributed by atoms with Crippen LogP contribution in [-0.2, 0) is 6.42 Å². The standard InChI is InChI=1S/C17H19BrO/c1-11-7-8-12(2)14(9-11)10-16(19)15-6-4-5-13(3)17(15)18/h4-9,16,19H,10H2,1-3H3. The molecule has 0 aliphatic heterocycles. The van der Waals surface area contributed by atoms with Gasteiger partial charge in [0.25, 0.3) is 0 Å². The van der Waals surface area contributed by atoms with Gasteiger partial charge in [0.05, 0.1) is 6.10 Å². The van der Waals surface area contributed by atoms with E-state index in [1.807, 2.05) is 25.1 Å². The van der Waals surface area contributed by atoms with Crippen LogP contribution in [0.15, 0.2) is 40.9 Å². The molecule has 0 aliphatic carbocycles. The Morgan fingerprint density at radius 1 is 1.05 bits per heavy atom. The maximum atomic E-state index is 10.5. The van der Waals surface area contributed by atoms with Crippen LogP contribution in [0.4, 0.5) is 0 Å². The number of hydrogen-bond donors (Lipinski definition) is 1. The van der Waals surface area contributed by atoms with Gasteiger partial charge in [-0.2, -0.15) is 0 Å². The molecule has 0 bridgehead atoms. The molecule has 1 N–H and O–H groups in total. The molecule has 2 aromatic rings. The summed E-state index contributed by atoms with van der Waals surface area (Å²) in [4.78, 5) is 0. The van der Waals surface area contributed by atoms with E-state index in [1.165, 1.54) is 16.7 Å². The maximum Gasteiger partial charge on any atom is 0.0841 e. The fourth-order valence-electron chi connectivity index (χ4n) is 2.27. The van der Waals surface area contributed by atoms with E-state index in [0.717, 1.165) is 15.6 Å². The van der Waals surface area contributed by atoms with Crippen LogP contribution in [0, 0.1) is 20.8 Å². The van der Waals surface area contributed by atoms with E-state index in [0.29, 0.717) is 6.42 Å². The van der Waals surface area contributed by atoms with E-state index in [1.54, 1.807) is 0 Å².